The van der Waals surface area contributed by atoms with Crippen LogP contribution in [0.5, 0.6) is 0 Å². The van der Waals surface area contributed by atoms with E-state index >= 15 is 0 Å². The molecule has 2 aromatic rings. The number of hydrogen-bond acceptors (Lipinski definition) is 1. The summed E-state index contributed by atoms with van der Waals surface area (Å²) >= 11 is 0. The van der Waals surface area contributed by atoms with E-state index in [0.717, 1.165) is 17.4 Å². The molecule has 0 radical (unpaired) electrons. The lowest BCUT2D eigenvalue weighted by atomic mass is 9.58. The van der Waals surface area contributed by atoms with E-state index in [4.69, 9.17) is 5.26 Å². The molecule has 0 unspecified atom stereocenters. The van der Waals surface area contributed by atoms with Gasteiger partial charge in [-0.15, -0.1) is 0 Å². The molecule has 4 rings (SSSR count). The van der Waals surface area contributed by atoms with Crippen molar-refractivity contribution < 1.29 is 0 Å². The van der Waals surface area contributed by atoms with Crippen molar-refractivity contribution in [1.29, 1.82) is 5.26 Å². The predicted octanol–water partition coefficient (Wildman–Crippen LogP) is 8.71. The standard InChI is InChI=1S/C30H39N/c1-2-6-24-17-20-30(21-18-24,29-7-4-3-5-8-29)22-19-25-9-13-27(14-10-25)28-15-11-26(23-31)12-16-28/h9-16,24,29H,2-8,17-22H2,1H3. The van der Waals surface area contributed by atoms with Crippen LogP contribution < -0.4 is 0 Å². The van der Waals surface area contributed by atoms with Gasteiger partial charge in [0.25, 0.3) is 0 Å². The zero-order valence-electron chi connectivity index (χ0n) is 19.4. The Morgan fingerprint density at radius 2 is 1.45 bits per heavy atom. The molecule has 1 heteroatoms. The molecule has 0 atom stereocenters. The van der Waals surface area contributed by atoms with Crippen LogP contribution in [0.3, 0.4) is 0 Å². The summed E-state index contributed by atoms with van der Waals surface area (Å²) in [5.41, 5.74) is 5.26. The highest BCUT2D eigenvalue weighted by molar-refractivity contribution is 5.64. The fraction of sp³-hybridized carbons (Fsp3) is 0.567. The van der Waals surface area contributed by atoms with Gasteiger partial charge in [0.05, 0.1) is 11.6 Å². The van der Waals surface area contributed by atoms with E-state index in [1.165, 1.54) is 100 Å². The quantitative estimate of drug-likeness (QED) is 0.445. The fourth-order valence-corrected chi connectivity index (χ4v) is 6.52. The largest absolute Gasteiger partial charge is 0.192 e. The smallest absolute Gasteiger partial charge is 0.0991 e. The number of rotatable bonds is 7. The summed E-state index contributed by atoms with van der Waals surface area (Å²) in [7, 11) is 0. The Labute approximate surface area is 189 Å². The first-order chi connectivity index (χ1) is 15.2. The SMILES string of the molecule is CCCC1CCC(CCc2ccc(-c3ccc(C#N)cc3)cc2)(C2CCCCC2)CC1. The van der Waals surface area contributed by atoms with Gasteiger partial charge < -0.3 is 0 Å². The Kier molecular flexibility index (Phi) is 7.49. The second-order valence-corrected chi connectivity index (χ2v) is 10.3. The molecule has 2 aromatic carbocycles. The van der Waals surface area contributed by atoms with Crippen molar-refractivity contribution >= 4 is 0 Å². The highest BCUT2D eigenvalue weighted by Crippen LogP contribution is 2.52. The van der Waals surface area contributed by atoms with E-state index in [9.17, 15) is 0 Å². The molecule has 2 saturated carbocycles. The lowest BCUT2D eigenvalue weighted by Gasteiger charge is -2.47. The summed E-state index contributed by atoms with van der Waals surface area (Å²) in [5.74, 6) is 1.97. The van der Waals surface area contributed by atoms with Gasteiger partial charge in [0.1, 0.15) is 0 Å². The molecule has 0 bridgehead atoms. The van der Waals surface area contributed by atoms with Gasteiger partial charge in [-0.25, -0.2) is 0 Å². The van der Waals surface area contributed by atoms with E-state index in [1.807, 2.05) is 12.1 Å². The van der Waals surface area contributed by atoms with Crippen molar-refractivity contribution in [2.24, 2.45) is 17.3 Å². The minimum absolute atomic E-state index is 0.608. The first kappa shape index (κ1) is 22.1. The van der Waals surface area contributed by atoms with Crippen LogP contribution in [-0.4, -0.2) is 0 Å². The Morgan fingerprint density at radius 1 is 0.839 bits per heavy atom. The van der Waals surface area contributed by atoms with Crippen LogP contribution in [0.2, 0.25) is 0 Å². The van der Waals surface area contributed by atoms with Crippen LogP contribution >= 0.6 is 0 Å². The summed E-state index contributed by atoms with van der Waals surface area (Å²) in [4.78, 5) is 0. The van der Waals surface area contributed by atoms with Gasteiger partial charge in [-0.3, -0.25) is 0 Å². The number of hydrogen-bond donors (Lipinski definition) is 0. The van der Waals surface area contributed by atoms with Gasteiger partial charge in [-0.2, -0.15) is 5.26 Å². The van der Waals surface area contributed by atoms with Gasteiger partial charge in [0.2, 0.25) is 0 Å². The first-order valence-corrected chi connectivity index (χ1v) is 12.8. The molecular weight excluding hydrogens is 374 g/mol. The molecule has 0 aliphatic heterocycles. The summed E-state index contributed by atoms with van der Waals surface area (Å²) in [6.07, 6.45) is 18.7. The van der Waals surface area contributed by atoms with Crippen molar-refractivity contribution in [2.45, 2.75) is 90.4 Å². The summed E-state index contributed by atoms with van der Waals surface area (Å²) < 4.78 is 0. The summed E-state index contributed by atoms with van der Waals surface area (Å²) in [6, 6.07) is 19.3. The number of nitriles is 1. The van der Waals surface area contributed by atoms with Crippen molar-refractivity contribution in [1.82, 2.24) is 0 Å². The second-order valence-electron chi connectivity index (χ2n) is 10.3. The molecule has 0 amide bonds. The number of aryl methyl sites for hydroxylation is 1. The molecule has 0 saturated heterocycles. The Bertz CT molecular complexity index is 841. The van der Waals surface area contributed by atoms with Crippen molar-refractivity contribution in [2.75, 3.05) is 0 Å². The summed E-state index contributed by atoms with van der Waals surface area (Å²) in [6.45, 7) is 2.35. The van der Waals surface area contributed by atoms with Crippen molar-refractivity contribution in [3.63, 3.8) is 0 Å². The van der Waals surface area contributed by atoms with Crippen LogP contribution in [0, 0.1) is 28.6 Å². The Balaban J connectivity index is 1.42. The van der Waals surface area contributed by atoms with Crippen LogP contribution in [0.15, 0.2) is 48.5 Å². The third-order valence-corrected chi connectivity index (χ3v) is 8.48. The molecule has 2 fully saturated rings. The second kappa shape index (κ2) is 10.5. The zero-order chi connectivity index (χ0) is 21.5. The minimum Gasteiger partial charge on any atom is -0.192 e. The fourth-order valence-electron chi connectivity index (χ4n) is 6.52. The van der Waals surface area contributed by atoms with Crippen molar-refractivity contribution in [3.8, 4) is 17.2 Å². The maximum absolute atomic E-state index is 9.01. The monoisotopic (exact) mass is 413 g/mol. The van der Waals surface area contributed by atoms with Crippen LogP contribution in [0.4, 0.5) is 0 Å². The normalized spacial score (nSPS) is 24.6. The Morgan fingerprint density at radius 3 is 2.03 bits per heavy atom. The number of nitrogens with zero attached hydrogens (tertiary/aromatic N) is 1. The topological polar surface area (TPSA) is 23.8 Å². The van der Waals surface area contributed by atoms with Gasteiger partial charge in [0.15, 0.2) is 0 Å². The van der Waals surface area contributed by atoms with Crippen LogP contribution in [0.25, 0.3) is 11.1 Å². The zero-order valence-corrected chi connectivity index (χ0v) is 19.4. The third-order valence-electron chi connectivity index (χ3n) is 8.48. The molecule has 0 N–H and O–H groups in total. The molecule has 31 heavy (non-hydrogen) atoms. The van der Waals surface area contributed by atoms with E-state index in [0.29, 0.717) is 5.41 Å². The number of benzene rings is 2. The lowest BCUT2D eigenvalue weighted by molar-refractivity contribution is 0.0382. The molecule has 0 spiro atoms. The minimum atomic E-state index is 0.608. The van der Waals surface area contributed by atoms with E-state index in [-0.39, 0.29) is 0 Å². The molecule has 2 aliphatic carbocycles. The third kappa shape index (κ3) is 5.41. The highest BCUT2D eigenvalue weighted by Gasteiger charge is 2.41. The molecule has 1 nitrogen and oxygen atoms in total. The van der Waals surface area contributed by atoms with Crippen LogP contribution in [-0.2, 0) is 6.42 Å². The first-order valence-electron chi connectivity index (χ1n) is 12.8. The maximum atomic E-state index is 9.01. The average Bonchev–Trinajstić information content (AvgIpc) is 2.85. The molecule has 2 aliphatic rings. The molecular formula is C30H39N. The molecule has 0 heterocycles. The average molecular weight is 414 g/mol. The molecule has 164 valence electrons. The lowest BCUT2D eigenvalue weighted by Crippen LogP contribution is -2.36. The summed E-state index contributed by atoms with van der Waals surface area (Å²) in [5, 5.41) is 9.01. The van der Waals surface area contributed by atoms with Gasteiger partial charge in [-0.05, 0) is 97.4 Å². The predicted molar refractivity (Wildman–Crippen MR) is 131 cm³/mol. The Hall–Kier alpha value is -2.07. The van der Waals surface area contributed by atoms with Crippen molar-refractivity contribution in [3.05, 3.63) is 59.7 Å². The van der Waals surface area contributed by atoms with Crippen LogP contribution in [0.1, 0.15) is 95.1 Å². The highest BCUT2D eigenvalue weighted by atomic mass is 14.5. The molecule has 0 aromatic heterocycles. The van der Waals surface area contributed by atoms with Gasteiger partial charge in [-0.1, -0.05) is 75.4 Å². The van der Waals surface area contributed by atoms with E-state index < -0.39 is 0 Å². The van der Waals surface area contributed by atoms with Gasteiger partial charge in [0, 0.05) is 0 Å². The van der Waals surface area contributed by atoms with E-state index in [1.54, 1.807) is 0 Å². The maximum Gasteiger partial charge on any atom is 0.0991 e. The van der Waals surface area contributed by atoms with Gasteiger partial charge >= 0.3 is 0 Å². The van der Waals surface area contributed by atoms with E-state index in [2.05, 4.69) is 49.4 Å².